The Kier molecular flexibility index (Phi) is 6.14. The number of ether oxygens (including phenoxy) is 1. The molecule has 27 heavy (non-hydrogen) atoms. The van der Waals surface area contributed by atoms with Crippen molar-refractivity contribution in [2.75, 3.05) is 7.11 Å². The fourth-order valence-corrected chi connectivity index (χ4v) is 3.56. The van der Waals surface area contributed by atoms with Gasteiger partial charge < -0.3 is 10.1 Å². The standard InChI is InChI=1S/C22H18N2O2S/c1-26-18-12-10-16(11-13-18)15-24-22(25)19-7-3-5-9-21(19)27-20-8-4-2-6-17(20)14-23/h2-13H,15H2,1H3,(H,24,25). The molecular formula is C22H18N2O2S. The van der Waals surface area contributed by atoms with Gasteiger partial charge in [-0.3, -0.25) is 4.79 Å². The minimum absolute atomic E-state index is 0.150. The SMILES string of the molecule is COc1ccc(CNC(=O)c2ccccc2Sc2ccccc2C#N)cc1. The van der Waals surface area contributed by atoms with Crippen LogP contribution in [-0.2, 0) is 6.54 Å². The number of carbonyl (C=O) groups is 1. The van der Waals surface area contributed by atoms with Crippen molar-refractivity contribution in [1.82, 2.24) is 5.32 Å². The van der Waals surface area contributed by atoms with Crippen molar-refractivity contribution in [2.45, 2.75) is 16.3 Å². The van der Waals surface area contributed by atoms with Crippen molar-refractivity contribution in [3.8, 4) is 11.8 Å². The van der Waals surface area contributed by atoms with Gasteiger partial charge in [-0.25, -0.2) is 0 Å². The van der Waals surface area contributed by atoms with Gasteiger partial charge in [0.1, 0.15) is 11.8 Å². The average Bonchev–Trinajstić information content (AvgIpc) is 2.73. The van der Waals surface area contributed by atoms with E-state index in [9.17, 15) is 10.1 Å². The summed E-state index contributed by atoms with van der Waals surface area (Å²) < 4.78 is 5.14. The topological polar surface area (TPSA) is 62.1 Å². The number of hydrogen-bond donors (Lipinski definition) is 1. The van der Waals surface area contributed by atoms with Crippen molar-refractivity contribution in [1.29, 1.82) is 5.26 Å². The number of carbonyl (C=O) groups excluding carboxylic acids is 1. The molecule has 3 aromatic carbocycles. The number of hydrogen-bond acceptors (Lipinski definition) is 4. The van der Waals surface area contributed by atoms with Crippen LogP contribution >= 0.6 is 11.8 Å². The first-order chi connectivity index (χ1) is 13.2. The molecule has 0 aliphatic rings. The van der Waals surface area contributed by atoms with Crippen molar-refractivity contribution >= 4 is 17.7 Å². The Labute approximate surface area is 162 Å². The van der Waals surface area contributed by atoms with Gasteiger partial charge in [0.25, 0.3) is 5.91 Å². The highest BCUT2D eigenvalue weighted by Gasteiger charge is 2.13. The normalized spacial score (nSPS) is 10.1. The molecule has 134 valence electrons. The second-order valence-electron chi connectivity index (χ2n) is 5.74. The van der Waals surface area contributed by atoms with Gasteiger partial charge in [-0.1, -0.05) is 48.2 Å². The van der Waals surface area contributed by atoms with E-state index in [0.717, 1.165) is 21.1 Å². The maximum atomic E-state index is 12.7. The molecular weight excluding hydrogens is 356 g/mol. The number of rotatable bonds is 6. The lowest BCUT2D eigenvalue weighted by Gasteiger charge is -2.11. The fourth-order valence-electron chi connectivity index (χ4n) is 2.53. The first-order valence-corrected chi connectivity index (χ1v) is 9.20. The first kappa shape index (κ1) is 18.6. The van der Waals surface area contributed by atoms with Gasteiger partial charge in [0.15, 0.2) is 0 Å². The van der Waals surface area contributed by atoms with E-state index >= 15 is 0 Å². The summed E-state index contributed by atoms with van der Waals surface area (Å²) >= 11 is 1.42. The summed E-state index contributed by atoms with van der Waals surface area (Å²) in [5, 5.41) is 12.2. The monoisotopic (exact) mass is 374 g/mol. The van der Waals surface area contributed by atoms with Crippen LogP contribution in [0.25, 0.3) is 0 Å². The number of methoxy groups -OCH3 is 1. The van der Waals surface area contributed by atoms with Gasteiger partial charge in [0, 0.05) is 16.3 Å². The largest absolute Gasteiger partial charge is 0.497 e. The number of nitrogens with zero attached hydrogens (tertiary/aromatic N) is 1. The minimum atomic E-state index is -0.150. The van der Waals surface area contributed by atoms with Crippen LogP contribution in [-0.4, -0.2) is 13.0 Å². The average molecular weight is 374 g/mol. The number of nitrogens with one attached hydrogen (secondary N) is 1. The van der Waals surface area contributed by atoms with E-state index in [1.54, 1.807) is 19.2 Å². The molecule has 0 radical (unpaired) electrons. The van der Waals surface area contributed by atoms with Crippen LogP contribution in [0, 0.1) is 11.3 Å². The molecule has 0 aliphatic carbocycles. The summed E-state index contributed by atoms with van der Waals surface area (Å²) in [5.74, 6) is 0.631. The molecule has 0 atom stereocenters. The van der Waals surface area contributed by atoms with Crippen LogP contribution in [0.4, 0.5) is 0 Å². The third-order valence-electron chi connectivity index (χ3n) is 3.97. The number of amides is 1. The maximum Gasteiger partial charge on any atom is 0.252 e. The molecule has 0 aliphatic heterocycles. The van der Waals surface area contributed by atoms with Crippen LogP contribution in [0.3, 0.4) is 0 Å². The molecule has 5 heteroatoms. The fraction of sp³-hybridized carbons (Fsp3) is 0.0909. The Morgan fingerprint density at radius 3 is 2.37 bits per heavy atom. The second-order valence-corrected chi connectivity index (χ2v) is 6.82. The summed E-state index contributed by atoms with van der Waals surface area (Å²) in [5.41, 5.74) is 2.17. The predicted octanol–water partition coefficient (Wildman–Crippen LogP) is 4.65. The molecule has 1 amide bonds. The predicted molar refractivity (Wildman–Crippen MR) is 106 cm³/mol. The van der Waals surface area contributed by atoms with Crippen molar-refractivity contribution in [3.63, 3.8) is 0 Å². The summed E-state index contributed by atoms with van der Waals surface area (Å²) in [7, 11) is 1.62. The van der Waals surface area contributed by atoms with Gasteiger partial charge >= 0.3 is 0 Å². The molecule has 4 nitrogen and oxygen atoms in total. The number of benzene rings is 3. The molecule has 0 unspecified atom stereocenters. The second kappa shape index (κ2) is 8.93. The van der Waals surface area contributed by atoms with Crippen molar-refractivity contribution < 1.29 is 9.53 Å². The quantitative estimate of drug-likeness (QED) is 0.682. The third kappa shape index (κ3) is 4.69. The molecule has 1 N–H and O–H groups in total. The Morgan fingerprint density at radius 1 is 1.00 bits per heavy atom. The van der Waals surface area contributed by atoms with E-state index in [1.165, 1.54) is 11.8 Å². The van der Waals surface area contributed by atoms with E-state index in [0.29, 0.717) is 17.7 Å². The van der Waals surface area contributed by atoms with Gasteiger partial charge in [0.05, 0.1) is 18.2 Å². The maximum absolute atomic E-state index is 12.7. The lowest BCUT2D eigenvalue weighted by atomic mass is 10.2. The summed E-state index contributed by atoms with van der Waals surface area (Å²) in [4.78, 5) is 14.3. The summed E-state index contributed by atoms with van der Waals surface area (Å²) in [6, 6.07) is 24.5. The van der Waals surface area contributed by atoms with Crippen LogP contribution in [0.15, 0.2) is 82.6 Å². The molecule has 3 aromatic rings. The zero-order chi connectivity index (χ0) is 19.1. The first-order valence-electron chi connectivity index (χ1n) is 8.38. The van der Waals surface area contributed by atoms with Crippen LogP contribution in [0.1, 0.15) is 21.5 Å². The van der Waals surface area contributed by atoms with Crippen molar-refractivity contribution in [2.24, 2.45) is 0 Å². The van der Waals surface area contributed by atoms with Crippen LogP contribution in [0.5, 0.6) is 5.75 Å². The zero-order valence-corrected chi connectivity index (χ0v) is 15.6. The molecule has 0 bridgehead atoms. The van der Waals surface area contributed by atoms with E-state index in [2.05, 4.69) is 11.4 Å². The lowest BCUT2D eigenvalue weighted by Crippen LogP contribution is -2.23. The highest BCUT2D eigenvalue weighted by Crippen LogP contribution is 2.32. The van der Waals surface area contributed by atoms with Gasteiger partial charge in [-0.05, 0) is 42.0 Å². The van der Waals surface area contributed by atoms with E-state index in [4.69, 9.17) is 4.74 Å². The molecule has 0 saturated carbocycles. The molecule has 3 rings (SSSR count). The zero-order valence-electron chi connectivity index (χ0n) is 14.8. The van der Waals surface area contributed by atoms with E-state index in [1.807, 2.05) is 60.7 Å². The van der Waals surface area contributed by atoms with E-state index < -0.39 is 0 Å². The highest BCUT2D eigenvalue weighted by atomic mass is 32.2. The van der Waals surface area contributed by atoms with Gasteiger partial charge in [-0.2, -0.15) is 5.26 Å². The lowest BCUT2D eigenvalue weighted by molar-refractivity contribution is 0.0948. The van der Waals surface area contributed by atoms with Gasteiger partial charge in [0.2, 0.25) is 0 Å². The molecule has 0 spiro atoms. The Morgan fingerprint density at radius 2 is 1.67 bits per heavy atom. The van der Waals surface area contributed by atoms with E-state index in [-0.39, 0.29) is 5.91 Å². The summed E-state index contributed by atoms with van der Waals surface area (Å²) in [6.45, 7) is 0.427. The Bertz CT molecular complexity index is 978. The molecule has 0 fully saturated rings. The van der Waals surface area contributed by atoms with Gasteiger partial charge in [-0.15, -0.1) is 0 Å². The Hall–Kier alpha value is -3.23. The van der Waals surface area contributed by atoms with Crippen molar-refractivity contribution in [3.05, 3.63) is 89.5 Å². The molecule has 0 saturated heterocycles. The number of nitriles is 1. The van der Waals surface area contributed by atoms with Crippen LogP contribution in [0.2, 0.25) is 0 Å². The van der Waals surface area contributed by atoms with Crippen LogP contribution < -0.4 is 10.1 Å². The third-order valence-corrected chi connectivity index (χ3v) is 5.12. The molecule has 0 aromatic heterocycles. The minimum Gasteiger partial charge on any atom is -0.497 e. The highest BCUT2D eigenvalue weighted by molar-refractivity contribution is 7.99. The smallest absolute Gasteiger partial charge is 0.252 e. The Balaban J connectivity index is 1.74. The molecule has 0 heterocycles. The summed E-state index contributed by atoms with van der Waals surface area (Å²) in [6.07, 6.45) is 0.